The Balaban J connectivity index is 2.57. The third-order valence-electron chi connectivity index (χ3n) is 3.24. The van der Waals surface area contributed by atoms with Crippen LogP contribution in [0.25, 0.3) is 0 Å². The van der Waals surface area contributed by atoms with Crippen LogP contribution in [0.2, 0.25) is 0 Å². The molecular weight excluding hydrogens is 264 g/mol. The van der Waals surface area contributed by atoms with Gasteiger partial charge in [-0.05, 0) is 19.3 Å². The second-order valence-corrected chi connectivity index (χ2v) is 5.22. The second-order valence-electron chi connectivity index (χ2n) is 5.22. The Labute approximate surface area is 128 Å². The first-order valence-electron chi connectivity index (χ1n) is 8.08. The number of unbranched alkanes of at least 4 members (excludes halogenated alkanes) is 2. The van der Waals surface area contributed by atoms with Crippen LogP contribution in [-0.2, 0) is 0 Å². The average molecular weight is 292 g/mol. The van der Waals surface area contributed by atoms with Crippen molar-refractivity contribution in [2.75, 3.05) is 25.0 Å². The monoisotopic (exact) mass is 292 g/mol. The summed E-state index contributed by atoms with van der Waals surface area (Å²) < 4.78 is 0. The number of carbonyl (C=O) groups excluding carboxylic acids is 1. The first kappa shape index (κ1) is 17.4. The lowest BCUT2D eigenvalue weighted by molar-refractivity contribution is 0.0754. The van der Waals surface area contributed by atoms with E-state index in [1.807, 2.05) is 4.90 Å². The Hall–Kier alpha value is -1.65. The third-order valence-corrected chi connectivity index (χ3v) is 3.24. The van der Waals surface area contributed by atoms with E-state index < -0.39 is 0 Å². The van der Waals surface area contributed by atoms with Crippen molar-refractivity contribution in [1.82, 2.24) is 14.9 Å². The van der Waals surface area contributed by atoms with Crippen molar-refractivity contribution >= 4 is 11.9 Å². The minimum Gasteiger partial charge on any atom is -0.354 e. The summed E-state index contributed by atoms with van der Waals surface area (Å²) in [4.78, 5) is 22.7. The zero-order chi connectivity index (χ0) is 15.5. The van der Waals surface area contributed by atoms with Gasteiger partial charge in [0, 0.05) is 32.0 Å². The highest BCUT2D eigenvalue weighted by atomic mass is 16.2. The molecule has 0 fully saturated rings. The van der Waals surface area contributed by atoms with Crippen LogP contribution in [0, 0.1) is 0 Å². The van der Waals surface area contributed by atoms with Gasteiger partial charge in [0.2, 0.25) is 5.95 Å². The summed E-state index contributed by atoms with van der Waals surface area (Å²) in [5, 5.41) is 3.18. The molecule has 1 aromatic rings. The molecule has 5 heteroatoms. The maximum atomic E-state index is 12.4. The Morgan fingerprint density at radius 2 is 1.67 bits per heavy atom. The molecule has 1 amide bonds. The van der Waals surface area contributed by atoms with E-state index in [0.717, 1.165) is 38.9 Å². The number of amides is 1. The van der Waals surface area contributed by atoms with E-state index in [4.69, 9.17) is 0 Å². The van der Waals surface area contributed by atoms with Crippen molar-refractivity contribution in [2.45, 2.75) is 52.9 Å². The molecule has 0 unspecified atom stereocenters. The fourth-order valence-corrected chi connectivity index (χ4v) is 2.14. The van der Waals surface area contributed by atoms with E-state index in [1.165, 1.54) is 12.8 Å². The molecule has 21 heavy (non-hydrogen) atoms. The van der Waals surface area contributed by atoms with Crippen LogP contribution in [0.4, 0.5) is 5.95 Å². The SMILES string of the molecule is CCCCCNc1ncc(C(=O)N(CCC)CCC)cn1. The highest BCUT2D eigenvalue weighted by Crippen LogP contribution is 2.07. The van der Waals surface area contributed by atoms with Gasteiger partial charge in [0.05, 0.1) is 5.56 Å². The first-order valence-corrected chi connectivity index (χ1v) is 8.08. The van der Waals surface area contributed by atoms with Crippen molar-refractivity contribution in [3.63, 3.8) is 0 Å². The molecular formula is C16H28N4O. The van der Waals surface area contributed by atoms with E-state index in [2.05, 4.69) is 36.1 Å². The van der Waals surface area contributed by atoms with Crippen molar-refractivity contribution in [3.8, 4) is 0 Å². The summed E-state index contributed by atoms with van der Waals surface area (Å²) in [5.74, 6) is 0.622. The summed E-state index contributed by atoms with van der Waals surface area (Å²) in [6.07, 6.45) is 8.67. The molecule has 0 aliphatic heterocycles. The van der Waals surface area contributed by atoms with Crippen LogP contribution in [0.5, 0.6) is 0 Å². The zero-order valence-electron chi connectivity index (χ0n) is 13.6. The molecule has 1 N–H and O–H groups in total. The molecule has 5 nitrogen and oxygen atoms in total. The summed E-state index contributed by atoms with van der Waals surface area (Å²) in [6.45, 7) is 8.77. The molecule has 0 spiro atoms. The van der Waals surface area contributed by atoms with Gasteiger partial charge in [-0.3, -0.25) is 4.79 Å². The summed E-state index contributed by atoms with van der Waals surface area (Å²) in [5.41, 5.74) is 0.566. The number of nitrogens with one attached hydrogen (secondary N) is 1. The van der Waals surface area contributed by atoms with Gasteiger partial charge in [-0.15, -0.1) is 0 Å². The summed E-state index contributed by atoms with van der Waals surface area (Å²) >= 11 is 0. The normalized spacial score (nSPS) is 10.4. The van der Waals surface area contributed by atoms with Crippen LogP contribution in [0.3, 0.4) is 0 Å². The number of carbonyl (C=O) groups is 1. The second kappa shape index (κ2) is 10.1. The fraction of sp³-hybridized carbons (Fsp3) is 0.688. The molecule has 0 saturated heterocycles. The van der Waals surface area contributed by atoms with Gasteiger partial charge in [0.25, 0.3) is 5.91 Å². The molecule has 0 aliphatic carbocycles. The Morgan fingerprint density at radius 1 is 1.05 bits per heavy atom. The topological polar surface area (TPSA) is 58.1 Å². The molecule has 0 saturated carbocycles. The lowest BCUT2D eigenvalue weighted by Crippen LogP contribution is -2.32. The highest BCUT2D eigenvalue weighted by molar-refractivity contribution is 5.93. The predicted molar refractivity (Wildman–Crippen MR) is 86.5 cm³/mol. The fourth-order valence-electron chi connectivity index (χ4n) is 2.14. The number of anilines is 1. The number of hydrogen-bond acceptors (Lipinski definition) is 4. The number of rotatable bonds is 10. The van der Waals surface area contributed by atoms with Gasteiger partial charge in [0.15, 0.2) is 0 Å². The van der Waals surface area contributed by atoms with Crippen LogP contribution in [0.15, 0.2) is 12.4 Å². The molecule has 1 aromatic heterocycles. The van der Waals surface area contributed by atoms with Crippen LogP contribution in [0.1, 0.15) is 63.2 Å². The standard InChI is InChI=1S/C16H28N4O/c1-4-7-8-9-17-16-18-12-14(13-19-16)15(21)20(10-5-2)11-6-3/h12-13H,4-11H2,1-3H3,(H,17,18,19). The summed E-state index contributed by atoms with van der Waals surface area (Å²) in [7, 11) is 0. The average Bonchev–Trinajstić information content (AvgIpc) is 2.51. The minimum absolute atomic E-state index is 0.0243. The van der Waals surface area contributed by atoms with Crippen LogP contribution < -0.4 is 5.32 Å². The van der Waals surface area contributed by atoms with Gasteiger partial charge in [-0.1, -0.05) is 33.6 Å². The quantitative estimate of drug-likeness (QED) is 0.672. The summed E-state index contributed by atoms with van der Waals surface area (Å²) in [6, 6.07) is 0. The van der Waals surface area contributed by atoms with Gasteiger partial charge >= 0.3 is 0 Å². The maximum Gasteiger partial charge on any atom is 0.256 e. The Kier molecular flexibility index (Phi) is 8.40. The van der Waals surface area contributed by atoms with E-state index in [9.17, 15) is 4.79 Å². The molecule has 0 aliphatic rings. The van der Waals surface area contributed by atoms with Crippen molar-refractivity contribution < 1.29 is 4.79 Å². The van der Waals surface area contributed by atoms with Crippen molar-refractivity contribution in [3.05, 3.63) is 18.0 Å². The van der Waals surface area contributed by atoms with Crippen molar-refractivity contribution in [1.29, 1.82) is 0 Å². The smallest absolute Gasteiger partial charge is 0.256 e. The largest absolute Gasteiger partial charge is 0.354 e. The van der Waals surface area contributed by atoms with Crippen LogP contribution in [-0.4, -0.2) is 40.4 Å². The molecule has 1 rings (SSSR count). The highest BCUT2D eigenvalue weighted by Gasteiger charge is 2.14. The Bertz CT molecular complexity index is 399. The number of aromatic nitrogens is 2. The molecule has 0 atom stereocenters. The van der Waals surface area contributed by atoms with Gasteiger partial charge in [-0.25, -0.2) is 9.97 Å². The third kappa shape index (κ3) is 6.10. The van der Waals surface area contributed by atoms with Crippen molar-refractivity contribution in [2.24, 2.45) is 0 Å². The zero-order valence-corrected chi connectivity index (χ0v) is 13.6. The lowest BCUT2D eigenvalue weighted by Gasteiger charge is -2.21. The molecule has 0 aromatic carbocycles. The van der Waals surface area contributed by atoms with Gasteiger partial charge in [-0.2, -0.15) is 0 Å². The maximum absolute atomic E-state index is 12.4. The van der Waals surface area contributed by atoms with E-state index in [0.29, 0.717) is 11.5 Å². The van der Waals surface area contributed by atoms with Crippen LogP contribution >= 0.6 is 0 Å². The number of hydrogen-bond donors (Lipinski definition) is 1. The predicted octanol–water partition coefficient (Wildman–Crippen LogP) is 3.34. The molecule has 118 valence electrons. The Morgan fingerprint density at radius 3 is 2.19 bits per heavy atom. The minimum atomic E-state index is 0.0243. The van der Waals surface area contributed by atoms with E-state index in [-0.39, 0.29) is 5.91 Å². The number of nitrogens with zero attached hydrogens (tertiary/aromatic N) is 3. The lowest BCUT2D eigenvalue weighted by atomic mass is 10.2. The molecule has 0 bridgehead atoms. The van der Waals surface area contributed by atoms with Gasteiger partial charge < -0.3 is 10.2 Å². The van der Waals surface area contributed by atoms with E-state index >= 15 is 0 Å². The molecule has 1 heterocycles. The molecule has 0 radical (unpaired) electrons. The first-order chi connectivity index (χ1) is 10.2. The van der Waals surface area contributed by atoms with E-state index in [1.54, 1.807) is 12.4 Å². The van der Waals surface area contributed by atoms with Gasteiger partial charge in [0.1, 0.15) is 0 Å².